The van der Waals surface area contributed by atoms with E-state index in [1.165, 1.54) is 17.8 Å². The normalized spacial score (nSPS) is 10.4. The first-order valence-electron chi connectivity index (χ1n) is 6.22. The van der Waals surface area contributed by atoms with E-state index < -0.39 is 10.8 Å². The van der Waals surface area contributed by atoms with Crippen LogP contribution in [0.1, 0.15) is 21.5 Å². The van der Waals surface area contributed by atoms with Gasteiger partial charge in [-0.25, -0.2) is 0 Å². The van der Waals surface area contributed by atoms with Gasteiger partial charge in [-0.05, 0) is 43.2 Å². The molecule has 0 spiro atoms. The number of nitrogens with zero attached hydrogens (tertiary/aromatic N) is 1. The maximum atomic E-state index is 11.4. The van der Waals surface area contributed by atoms with Gasteiger partial charge in [-0.1, -0.05) is 23.9 Å². The zero-order valence-electron chi connectivity index (χ0n) is 11.6. The molecule has 2 rings (SSSR count). The van der Waals surface area contributed by atoms with Crippen LogP contribution in [0, 0.1) is 24.0 Å². The zero-order chi connectivity index (χ0) is 15.6. The van der Waals surface area contributed by atoms with Crippen LogP contribution < -0.4 is 5.73 Å². The summed E-state index contributed by atoms with van der Waals surface area (Å²) in [5.74, 6) is -0.506. The number of aryl methyl sites for hydroxylation is 1. The second-order valence-electron chi connectivity index (χ2n) is 4.62. The van der Waals surface area contributed by atoms with Gasteiger partial charge in [0.15, 0.2) is 0 Å². The number of rotatable bonds is 4. The van der Waals surface area contributed by atoms with Crippen LogP contribution in [0.3, 0.4) is 0 Å². The molecule has 21 heavy (non-hydrogen) atoms. The summed E-state index contributed by atoms with van der Waals surface area (Å²) >= 11 is 1.26. The van der Waals surface area contributed by atoms with Crippen molar-refractivity contribution in [1.82, 2.24) is 0 Å². The summed E-state index contributed by atoms with van der Waals surface area (Å²) in [6.45, 7) is 3.59. The third-order valence-corrected chi connectivity index (χ3v) is 4.31. The zero-order valence-corrected chi connectivity index (χ0v) is 12.4. The largest absolute Gasteiger partial charge is 0.366 e. The lowest BCUT2D eigenvalue weighted by Crippen LogP contribution is -2.12. The Morgan fingerprint density at radius 3 is 2.52 bits per heavy atom. The first-order chi connectivity index (χ1) is 9.90. The maximum Gasteiger partial charge on any atom is 0.283 e. The second-order valence-corrected chi connectivity index (χ2v) is 5.71. The summed E-state index contributed by atoms with van der Waals surface area (Å²) in [5, 5.41) is 11.1. The highest BCUT2D eigenvalue weighted by atomic mass is 32.2. The summed E-state index contributed by atoms with van der Waals surface area (Å²) in [5.41, 5.74) is 7.36. The molecule has 6 heteroatoms. The van der Waals surface area contributed by atoms with Crippen LogP contribution in [-0.4, -0.2) is 10.8 Å². The fraction of sp³-hybridized carbons (Fsp3) is 0.133. The number of nitro benzene ring substituents is 1. The Morgan fingerprint density at radius 2 is 1.90 bits per heavy atom. The van der Waals surface area contributed by atoms with Crippen LogP contribution in [0.15, 0.2) is 46.2 Å². The van der Waals surface area contributed by atoms with Crippen LogP contribution >= 0.6 is 11.8 Å². The average Bonchev–Trinajstić information content (AvgIpc) is 2.42. The summed E-state index contributed by atoms with van der Waals surface area (Å²) in [4.78, 5) is 23.4. The highest BCUT2D eigenvalue weighted by molar-refractivity contribution is 7.99. The minimum Gasteiger partial charge on any atom is -0.366 e. The molecule has 0 aliphatic carbocycles. The standard InChI is InChI=1S/C15H14N2O3S/c1-9-6-7-14(12(8-9)17(19)20)21-13-5-3-4-11(10(13)2)15(16)18/h3-8H,1-2H3,(H2,16,18). The van der Waals surface area contributed by atoms with Crippen molar-refractivity contribution in [3.8, 4) is 0 Å². The number of nitrogens with two attached hydrogens (primary N) is 1. The number of nitro groups is 1. The van der Waals surface area contributed by atoms with E-state index in [4.69, 9.17) is 5.73 Å². The first kappa shape index (κ1) is 15.1. The molecule has 0 saturated carbocycles. The van der Waals surface area contributed by atoms with Crippen molar-refractivity contribution >= 4 is 23.4 Å². The molecule has 0 atom stereocenters. The van der Waals surface area contributed by atoms with Crippen LogP contribution in [0.5, 0.6) is 0 Å². The summed E-state index contributed by atoms with van der Waals surface area (Å²) < 4.78 is 0. The number of amides is 1. The minimum absolute atomic E-state index is 0.0591. The van der Waals surface area contributed by atoms with Gasteiger partial charge in [-0.15, -0.1) is 0 Å². The van der Waals surface area contributed by atoms with Crippen molar-refractivity contribution in [2.45, 2.75) is 23.6 Å². The SMILES string of the molecule is Cc1ccc(Sc2cccc(C(N)=O)c2C)c([N+](=O)[O-])c1. The molecule has 2 aromatic carbocycles. The van der Waals surface area contributed by atoms with E-state index in [0.29, 0.717) is 10.5 Å². The Morgan fingerprint density at radius 1 is 1.19 bits per heavy atom. The van der Waals surface area contributed by atoms with Crippen molar-refractivity contribution < 1.29 is 9.72 Å². The number of carbonyl (C=O) groups is 1. The van der Waals surface area contributed by atoms with Crippen LogP contribution in [0.25, 0.3) is 0 Å². The van der Waals surface area contributed by atoms with Gasteiger partial charge in [0.25, 0.3) is 5.69 Å². The van der Waals surface area contributed by atoms with E-state index >= 15 is 0 Å². The molecule has 0 bridgehead atoms. The Hall–Kier alpha value is -2.34. The summed E-state index contributed by atoms with van der Waals surface area (Å²) in [7, 11) is 0. The number of primary amides is 1. The van der Waals surface area contributed by atoms with Crippen molar-refractivity contribution in [1.29, 1.82) is 0 Å². The van der Waals surface area contributed by atoms with Gasteiger partial charge in [-0.2, -0.15) is 0 Å². The molecule has 1 amide bonds. The molecule has 2 aromatic rings. The number of hydrogen-bond donors (Lipinski definition) is 1. The minimum atomic E-state index is -0.506. The molecule has 0 radical (unpaired) electrons. The third kappa shape index (κ3) is 3.22. The van der Waals surface area contributed by atoms with E-state index in [-0.39, 0.29) is 5.69 Å². The smallest absolute Gasteiger partial charge is 0.283 e. The van der Waals surface area contributed by atoms with E-state index in [1.807, 2.05) is 12.1 Å². The Balaban J connectivity index is 2.46. The quantitative estimate of drug-likeness (QED) is 0.692. The average molecular weight is 302 g/mol. The van der Waals surface area contributed by atoms with Crippen molar-refractivity contribution in [2.24, 2.45) is 5.73 Å². The van der Waals surface area contributed by atoms with Crippen molar-refractivity contribution in [3.63, 3.8) is 0 Å². The van der Waals surface area contributed by atoms with Gasteiger partial charge in [0, 0.05) is 16.5 Å². The predicted molar refractivity (Wildman–Crippen MR) is 81.7 cm³/mol. The highest BCUT2D eigenvalue weighted by Crippen LogP contribution is 2.37. The lowest BCUT2D eigenvalue weighted by atomic mass is 10.1. The fourth-order valence-corrected chi connectivity index (χ4v) is 2.99. The van der Waals surface area contributed by atoms with Crippen molar-refractivity contribution in [3.05, 3.63) is 63.2 Å². The molecule has 5 nitrogen and oxygen atoms in total. The van der Waals surface area contributed by atoms with E-state index in [2.05, 4.69) is 0 Å². The topological polar surface area (TPSA) is 86.2 Å². The lowest BCUT2D eigenvalue weighted by Gasteiger charge is -2.09. The number of benzene rings is 2. The van der Waals surface area contributed by atoms with E-state index in [9.17, 15) is 14.9 Å². The molecule has 0 saturated heterocycles. The molecule has 2 N–H and O–H groups in total. The molecular weight excluding hydrogens is 288 g/mol. The highest BCUT2D eigenvalue weighted by Gasteiger charge is 2.17. The summed E-state index contributed by atoms with van der Waals surface area (Å²) in [6.07, 6.45) is 0. The van der Waals surface area contributed by atoms with Gasteiger partial charge < -0.3 is 5.73 Å². The Labute approximate surface area is 126 Å². The van der Waals surface area contributed by atoms with Gasteiger partial charge in [0.05, 0.1) is 9.82 Å². The predicted octanol–water partition coefficient (Wildman–Crippen LogP) is 3.46. The molecule has 108 valence electrons. The molecular formula is C15H14N2O3S. The van der Waals surface area contributed by atoms with Gasteiger partial charge in [0.2, 0.25) is 5.91 Å². The second kappa shape index (κ2) is 5.97. The molecule has 0 aromatic heterocycles. The third-order valence-electron chi connectivity index (χ3n) is 3.08. The van der Waals surface area contributed by atoms with Crippen LogP contribution in [0.2, 0.25) is 0 Å². The number of carbonyl (C=O) groups excluding carboxylic acids is 1. The number of hydrogen-bond acceptors (Lipinski definition) is 4. The van der Waals surface area contributed by atoms with Crippen LogP contribution in [-0.2, 0) is 0 Å². The molecule has 0 aliphatic rings. The van der Waals surface area contributed by atoms with E-state index in [1.54, 1.807) is 32.0 Å². The molecule has 0 unspecified atom stereocenters. The Bertz CT molecular complexity index is 729. The maximum absolute atomic E-state index is 11.4. The lowest BCUT2D eigenvalue weighted by molar-refractivity contribution is -0.387. The van der Waals surface area contributed by atoms with Gasteiger partial charge in [0.1, 0.15) is 0 Å². The van der Waals surface area contributed by atoms with Gasteiger partial charge in [-0.3, -0.25) is 14.9 Å². The molecule has 0 aliphatic heterocycles. The summed E-state index contributed by atoms with van der Waals surface area (Å²) in [6, 6.07) is 10.3. The first-order valence-corrected chi connectivity index (χ1v) is 7.04. The van der Waals surface area contributed by atoms with E-state index in [0.717, 1.165) is 16.0 Å². The Kier molecular flexibility index (Phi) is 4.28. The van der Waals surface area contributed by atoms with Gasteiger partial charge >= 0.3 is 0 Å². The molecule has 0 heterocycles. The molecule has 0 fully saturated rings. The monoisotopic (exact) mass is 302 g/mol. The van der Waals surface area contributed by atoms with Crippen molar-refractivity contribution in [2.75, 3.05) is 0 Å². The van der Waals surface area contributed by atoms with Crippen LogP contribution in [0.4, 0.5) is 5.69 Å². The fourth-order valence-electron chi connectivity index (χ4n) is 1.97.